The molecule has 25 heavy (non-hydrogen) atoms. The summed E-state index contributed by atoms with van der Waals surface area (Å²) in [5.41, 5.74) is 4.53. The molecular weight excluding hydrogens is 316 g/mol. The SMILES string of the molecule is Cc1noc(C)c1C(=O)Nc1ccc(-c2cn3ccccc3n2)cc1. The lowest BCUT2D eigenvalue weighted by Crippen LogP contribution is -2.13. The molecule has 0 bridgehead atoms. The van der Waals surface area contributed by atoms with Gasteiger partial charge in [0.2, 0.25) is 0 Å². The smallest absolute Gasteiger partial charge is 0.261 e. The molecule has 0 atom stereocenters. The number of fused-ring (bicyclic) bond motifs is 1. The van der Waals surface area contributed by atoms with Crippen LogP contribution in [0.15, 0.2) is 59.4 Å². The number of imidazole rings is 1. The van der Waals surface area contributed by atoms with Gasteiger partial charge in [0, 0.05) is 23.6 Å². The van der Waals surface area contributed by atoms with E-state index in [-0.39, 0.29) is 5.91 Å². The van der Waals surface area contributed by atoms with Crippen LogP contribution in [0.3, 0.4) is 0 Å². The molecule has 6 heteroatoms. The van der Waals surface area contributed by atoms with Crippen LogP contribution in [0.25, 0.3) is 16.9 Å². The number of hydrogen-bond acceptors (Lipinski definition) is 4. The molecule has 0 saturated carbocycles. The Morgan fingerprint density at radius 1 is 1.12 bits per heavy atom. The van der Waals surface area contributed by atoms with Crippen LogP contribution in [0.4, 0.5) is 5.69 Å². The fourth-order valence-electron chi connectivity index (χ4n) is 2.80. The number of amides is 1. The van der Waals surface area contributed by atoms with Crippen molar-refractivity contribution in [1.82, 2.24) is 14.5 Å². The maximum atomic E-state index is 12.4. The second-order valence-electron chi connectivity index (χ2n) is 5.82. The number of pyridine rings is 1. The summed E-state index contributed by atoms with van der Waals surface area (Å²) < 4.78 is 7.01. The Morgan fingerprint density at radius 2 is 1.92 bits per heavy atom. The van der Waals surface area contributed by atoms with Gasteiger partial charge in [0.15, 0.2) is 0 Å². The highest BCUT2D eigenvalue weighted by Crippen LogP contribution is 2.22. The lowest BCUT2D eigenvalue weighted by Gasteiger charge is -2.05. The summed E-state index contributed by atoms with van der Waals surface area (Å²) in [7, 11) is 0. The number of hydrogen-bond donors (Lipinski definition) is 1. The highest BCUT2D eigenvalue weighted by molar-refractivity contribution is 6.05. The predicted octanol–water partition coefficient (Wildman–Crippen LogP) is 3.86. The highest BCUT2D eigenvalue weighted by atomic mass is 16.5. The number of nitrogens with one attached hydrogen (secondary N) is 1. The molecule has 0 saturated heterocycles. The standard InChI is InChI=1S/C19H16N4O2/c1-12-18(13(2)25-22-12)19(24)20-15-8-6-14(7-9-15)16-11-23-10-4-3-5-17(23)21-16/h3-11H,1-2H3,(H,20,24). The van der Waals surface area contributed by atoms with Crippen LogP contribution in [0.2, 0.25) is 0 Å². The van der Waals surface area contributed by atoms with Crippen molar-refractivity contribution in [2.24, 2.45) is 0 Å². The third kappa shape index (κ3) is 2.78. The van der Waals surface area contributed by atoms with Gasteiger partial charge in [-0.2, -0.15) is 0 Å². The van der Waals surface area contributed by atoms with Crippen LogP contribution in [0.5, 0.6) is 0 Å². The van der Waals surface area contributed by atoms with E-state index in [4.69, 9.17) is 4.52 Å². The number of carbonyl (C=O) groups excluding carboxylic acids is 1. The van der Waals surface area contributed by atoms with Crippen molar-refractivity contribution in [2.75, 3.05) is 5.32 Å². The molecule has 1 aromatic carbocycles. The average molecular weight is 332 g/mol. The Kier molecular flexibility index (Phi) is 3.57. The fraction of sp³-hybridized carbons (Fsp3) is 0.105. The second-order valence-corrected chi connectivity index (χ2v) is 5.82. The van der Waals surface area contributed by atoms with Crippen LogP contribution >= 0.6 is 0 Å². The van der Waals surface area contributed by atoms with Gasteiger partial charge in [0.1, 0.15) is 17.0 Å². The summed E-state index contributed by atoms with van der Waals surface area (Å²) >= 11 is 0. The minimum atomic E-state index is -0.225. The zero-order chi connectivity index (χ0) is 17.4. The van der Waals surface area contributed by atoms with E-state index < -0.39 is 0 Å². The molecule has 0 fully saturated rings. The molecule has 1 N–H and O–H groups in total. The predicted molar refractivity (Wildman–Crippen MR) is 94.6 cm³/mol. The maximum absolute atomic E-state index is 12.4. The van der Waals surface area contributed by atoms with Gasteiger partial charge in [-0.15, -0.1) is 0 Å². The molecule has 4 aromatic rings. The molecule has 3 heterocycles. The molecule has 0 spiro atoms. The topological polar surface area (TPSA) is 72.4 Å². The number of benzene rings is 1. The Labute approximate surface area is 144 Å². The number of rotatable bonds is 3. The van der Waals surface area contributed by atoms with Gasteiger partial charge in [0.05, 0.1) is 11.4 Å². The van der Waals surface area contributed by atoms with Gasteiger partial charge in [-0.25, -0.2) is 4.98 Å². The fourth-order valence-corrected chi connectivity index (χ4v) is 2.80. The van der Waals surface area contributed by atoms with Gasteiger partial charge in [0.25, 0.3) is 5.91 Å². The van der Waals surface area contributed by atoms with E-state index >= 15 is 0 Å². The van der Waals surface area contributed by atoms with Gasteiger partial charge in [-0.3, -0.25) is 4.79 Å². The molecule has 6 nitrogen and oxygen atoms in total. The van der Waals surface area contributed by atoms with Gasteiger partial charge in [-0.1, -0.05) is 23.4 Å². The maximum Gasteiger partial charge on any atom is 0.261 e. The monoisotopic (exact) mass is 332 g/mol. The summed E-state index contributed by atoms with van der Waals surface area (Å²) in [5, 5.41) is 6.67. The van der Waals surface area contributed by atoms with Crippen LogP contribution in [0.1, 0.15) is 21.8 Å². The average Bonchev–Trinajstić information content (AvgIpc) is 3.18. The normalized spacial score (nSPS) is 11.0. The second kappa shape index (κ2) is 5.90. The van der Waals surface area contributed by atoms with E-state index in [9.17, 15) is 4.79 Å². The highest BCUT2D eigenvalue weighted by Gasteiger charge is 2.17. The van der Waals surface area contributed by atoms with Crippen molar-refractivity contribution in [1.29, 1.82) is 0 Å². The summed E-state index contributed by atoms with van der Waals surface area (Å²) in [5.74, 6) is 0.285. The van der Waals surface area contributed by atoms with E-state index in [0.717, 1.165) is 16.9 Å². The molecular formula is C19H16N4O2. The first-order valence-electron chi connectivity index (χ1n) is 7.90. The van der Waals surface area contributed by atoms with Crippen LogP contribution in [-0.4, -0.2) is 20.4 Å². The van der Waals surface area contributed by atoms with Crippen molar-refractivity contribution < 1.29 is 9.32 Å². The van der Waals surface area contributed by atoms with Crippen LogP contribution in [-0.2, 0) is 0 Å². The molecule has 1 amide bonds. The zero-order valence-electron chi connectivity index (χ0n) is 13.9. The third-order valence-electron chi connectivity index (χ3n) is 4.06. The van der Waals surface area contributed by atoms with E-state index in [1.807, 2.05) is 59.3 Å². The number of carbonyl (C=O) groups is 1. The van der Waals surface area contributed by atoms with Gasteiger partial charge in [-0.05, 0) is 38.1 Å². The Balaban J connectivity index is 1.57. The van der Waals surface area contributed by atoms with Gasteiger partial charge < -0.3 is 14.2 Å². The van der Waals surface area contributed by atoms with E-state index in [1.54, 1.807) is 13.8 Å². The summed E-state index contributed by atoms with van der Waals surface area (Å²) in [4.78, 5) is 17.0. The minimum absolute atomic E-state index is 0.225. The first-order valence-corrected chi connectivity index (χ1v) is 7.90. The lowest BCUT2D eigenvalue weighted by atomic mass is 10.1. The van der Waals surface area contributed by atoms with Crippen molar-refractivity contribution in [3.05, 3.63) is 71.9 Å². The molecule has 3 aromatic heterocycles. The van der Waals surface area contributed by atoms with Gasteiger partial charge >= 0.3 is 0 Å². The van der Waals surface area contributed by atoms with Crippen LogP contribution in [0, 0.1) is 13.8 Å². The summed E-state index contributed by atoms with van der Waals surface area (Å²) in [6.45, 7) is 3.47. The molecule has 0 unspecified atom stereocenters. The largest absolute Gasteiger partial charge is 0.361 e. The molecule has 0 radical (unpaired) electrons. The third-order valence-corrected chi connectivity index (χ3v) is 4.06. The van der Waals surface area contributed by atoms with E-state index in [0.29, 0.717) is 22.7 Å². The molecule has 4 rings (SSSR count). The lowest BCUT2D eigenvalue weighted by molar-refractivity contribution is 0.102. The van der Waals surface area contributed by atoms with Crippen molar-refractivity contribution in [3.8, 4) is 11.3 Å². The number of aromatic nitrogens is 3. The Morgan fingerprint density at radius 3 is 2.60 bits per heavy atom. The summed E-state index contributed by atoms with van der Waals surface area (Å²) in [6.07, 6.45) is 3.94. The minimum Gasteiger partial charge on any atom is -0.361 e. The number of aryl methyl sites for hydroxylation is 2. The first-order chi connectivity index (χ1) is 12.1. The summed E-state index contributed by atoms with van der Waals surface area (Å²) in [6, 6.07) is 13.5. The zero-order valence-corrected chi connectivity index (χ0v) is 13.9. The van der Waals surface area contributed by atoms with Crippen molar-refractivity contribution in [3.63, 3.8) is 0 Å². The quantitative estimate of drug-likeness (QED) is 0.618. The van der Waals surface area contributed by atoms with Crippen molar-refractivity contribution >= 4 is 17.2 Å². The van der Waals surface area contributed by atoms with E-state index in [2.05, 4.69) is 15.5 Å². The van der Waals surface area contributed by atoms with Crippen molar-refractivity contribution in [2.45, 2.75) is 13.8 Å². The Hall–Kier alpha value is -3.41. The Bertz CT molecular complexity index is 1010. The van der Waals surface area contributed by atoms with E-state index in [1.165, 1.54) is 0 Å². The molecule has 124 valence electrons. The molecule has 0 aliphatic rings. The number of nitrogens with zero attached hydrogens (tertiary/aromatic N) is 3. The molecule has 0 aliphatic heterocycles. The number of anilines is 1. The van der Waals surface area contributed by atoms with Crippen LogP contribution < -0.4 is 5.32 Å². The first kappa shape index (κ1) is 15.1. The molecule has 0 aliphatic carbocycles.